The summed E-state index contributed by atoms with van der Waals surface area (Å²) in [5.41, 5.74) is 1.62. The average molecular weight is 810 g/mol. The molecule has 0 bridgehead atoms. The third-order valence-corrected chi connectivity index (χ3v) is 16.7. The Labute approximate surface area is 331 Å². The topological polar surface area (TPSA) is 163 Å². The Morgan fingerprint density at radius 1 is 0.929 bits per heavy atom. The molecule has 316 valence electrons. The number of carbonyl (C=O) groups excluding carboxylic acids is 3. The molecule has 1 N–H and O–H groups in total. The van der Waals surface area contributed by atoms with Crippen LogP contribution in [0.25, 0.3) is 0 Å². The van der Waals surface area contributed by atoms with Crippen LogP contribution in [-0.2, 0) is 61.2 Å². The van der Waals surface area contributed by atoms with Crippen molar-refractivity contribution in [3.8, 4) is 0 Å². The standard InChI is InChI=1S/C41H64NO13P/c1-22-12-17-41(50-20-22)23(2)34-32(55-41)19-31-29-11-10-27-18-28(13-15-39(27,6)30(29)14-16-40(31,34)7)53-38-35(42-56(46,47-8)48-9)37(52-26(5)45)36(51-25(4)44)33(54-38)21-49-24(3)43/h10,22-23,28-38H,11-21H2,1-9H3,(H,42,46)/t22?,23-,28-,29+,30-,31-,32-,33+,34-,35+,36+,37+,38+,39-,40-,41+/m0/s1. The van der Waals surface area contributed by atoms with E-state index < -0.39 is 62.1 Å². The molecule has 0 aromatic rings. The van der Waals surface area contributed by atoms with Gasteiger partial charge in [-0.25, -0.2) is 9.65 Å². The van der Waals surface area contributed by atoms with Crippen LogP contribution in [-0.4, -0.2) is 94.0 Å². The molecule has 3 saturated carbocycles. The first-order valence-electron chi connectivity index (χ1n) is 20.7. The maximum Gasteiger partial charge on any atom is 0.405 e. The Kier molecular flexibility index (Phi) is 12.0. The smallest absolute Gasteiger partial charge is 0.405 e. The highest BCUT2D eigenvalue weighted by molar-refractivity contribution is 7.51. The van der Waals surface area contributed by atoms with Gasteiger partial charge >= 0.3 is 25.7 Å². The Hall–Kier alpha value is -1.90. The second-order valence-electron chi connectivity index (χ2n) is 18.3. The summed E-state index contributed by atoms with van der Waals surface area (Å²) in [6.07, 6.45) is 6.62. The molecule has 0 aromatic carbocycles. The molecule has 56 heavy (non-hydrogen) atoms. The Morgan fingerprint density at radius 3 is 2.29 bits per heavy atom. The molecule has 3 aliphatic heterocycles. The highest BCUT2D eigenvalue weighted by Crippen LogP contribution is 2.70. The van der Waals surface area contributed by atoms with Crippen LogP contribution in [0.15, 0.2) is 11.6 Å². The van der Waals surface area contributed by atoms with Crippen LogP contribution in [0, 0.1) is 46.3 Å². The minimum Gasteiger partial charge on any atom is -0.463 e. The lowest BCUT2D eigenvalue weighted by molar-refractivity contribution is -0.288. The number of rotatable bonds is 10. The molecule has 0 amide bonds. The fourth-order valence-electron chi connectivity index (χ4n) is 12.5. The van der Waals surface area contributed by atoms with Crippen molar-refractivity contribution in [2.24, 2.45) is 46.3 Å². The SMILES string of the molecule is COP(=O)(N[C@H]1[C@H](O[C@H]2CC[C@@]3(C)C(=CC[C@H]4[C@@H]5C[C@@H]6O[C@]7(CCC(C)CO7)[C@@H](C)[C@@H]6[C@@]5(C)CC[C@@H]43)C2)O[C@H](COC(C)=O)[C@@H](OC(C)=O)[C@@H]1OC(C)=O)OC. The van der Waals surface area contributed by atoms with Crippen molar-refractivity contribution < 1.29 is 61.2 Å². The van der Waals surface area contributed by atoms with Gasteiger partial charge in [0.25, 0.3) is 0 Å². The van der Waals surface area contributed by atoms with E-state index in [2.05, 4.69) is 38.9 Å². The zero-order valence-electron chi connectivity index (χ0n) is 34.6. The van der Waals surface area contributed by atoms with Gasteiger partial charge < -0.3 is 42.2 Å². The Morgan fingerprint density at radius 2 is 1.64 bits per heavy atom. The number of hydrogen-bond donors (Lipinski definition) is 1. The van der Waals surface area contributed by atoms with Gasteiger partial charge in [0, 0.05) is 47.3 Å². The molecule has 7 rings (SSSR count). The van der Waals surface area contributed by atoms with Gasteiger partial charge in [0.2, 0.25) is 0 Å². The van der Waals surface area contributed by atoms with E-state index in [0.29, 0.717) is 41.9 Å². The molecule has 0 aromatic heterocycles. The van der Waals surface area contributed by atoms with Crippen LogP contribution in [0.1, 0.15) is 106 Å². The normalized spacial score (nSPS) is 45.8. The minimum absolute atomic E-state index is 0.0174. The first kappa shape index (κ1) is 42.2. The third-order valence-electron chi connectivity index (χ3n) is 15.1. The fraction of sp³-hybridized carbons (Fsp3) is 0.878. The lowest BCUT2D eigenvalue weighted by atomic mass is 9.47. The van der Waals surface area contributed by atoms with Crippen molar-refractivity contribution in [3.63, 3.8) is 0 Å². The van der Waals surface area contributed by atoms with E-state index in [9.17, 15) is 18.9 Å². The lowest BCUT2D eigenvalue weighted by Gasteiger charge is -2.58. The number of nitrogens with one attached hydrogen (secondary N) is 1. The fourth-order valence-corrected chi connectivity index (χ4v) is 13.5. The molecule has 6 fully saturated rings. The van der Waals surface area contributed by atoms with Gasteiger partial charge in [-0.1, -0.05) is 39.3 Å². The summed E-state index contributed by atoms with van der Waals surface area (Å²) in [6, 6.07) is -1.16. The van der Waals surface area contributed by atoms with E-state index in [1.807, 2.05) is 0 Å². The zero-order valence-corrected chi connectivity index (χ0v) is 35.5. The molecular formula is C41H64NO13P. The van der Waals surface area contributed by atoms with Crippen molar-refractivity contribution in [1.82, 2.24) is 5.09 Å². The predicted molar refractivity (Wildman–Crippen MR) is 202 cm³/mol. The first-order valence-corrected chi connectivity index (χ1v) is 22.3. The van der Waals surface area contributed by atoms with Crippen LogP contribution in [0.5, 0.6) is 0 Å². The molecule has 15 heteroatoms. The zero-order chi connectivity index (χ0) is 40.4. The quantitative estimate of drug-likeness (QED) is 0.114. The summed E-state index contributed by atoms with van der Waals surface area (Å²) in [5, 5.41) is 2.83. The number of carbonyl (C=O) groups is 3. The van der Waals surface area contributed by atoms with Gasteiger partial charge in [0.05, 0.1) is 18.8 Å². The van der Waals surface area contributed by atoms with E-state index in [1.165, 1.54) is 53.4 Å². The van der Waals surface area contributed by atoms with Crippen molar-refractivity contribution >= 4 is 25.7 Å². The second kappa shape index (κ2) is 15.9. The van der Waals surface area contributed by atoms with E-state index in [1.54, 1.807) is 0 Å². The monoisotopic (exact) mass is 809 g/mol. The third kappa shape index (κ3) is 7.57. The molecule has 1 spiro atoms. The number of hydrogen-bond acceptors (Lipinski definition) is 13. The Balaban J connectivity index is 1.11. The lowest BCUT2D eigenvalue weighted by Crippen LogP contribution is -2.66. The molecule has 4 aliphatic carbocycles. The van der Waals surface area contributed by atoms with E-state index in [0.717, 1.165) is 45.1 Å². The van der Waals surface area contributed by atoms with Crippen LogP contribution >= 0.6 is 7.75 Å². The van der Waals surface area contributed by atoms with Crippen LogP contribution in [0.3, 0.4) is 0 Å². The second-order valence-corrected chi connectivity index (χ2v) is 20.3. The van der Waals surface area contributed by atoms with Gasteiger partial charge in [-0.15, -0.1) is 0 Å². The number of ether oxygens (including phenoxy) is 7. The summed E-state index contributed by atoms with van der Waals surface area (Å²) >= 11 is 0. The molecule has 0 radical (unpaired) electrons. The molecule has 7 aliphatic rings. The first-order chi connectivity index (χ1) is 26.5. The molecule has 16 atom stereocenters. The van der Waals surface area contributed by atoms with Gasteiger partial charge in [-0.2, -0.15) is 0 Å². The van der Waals surface area contributed by atoms with E-state index in [-0.39, 0.29) is 29.6 Å². The number of esters is 3. The summed E-state index contributed by atoms with van der Waals surface area (Å²) in [7, 11) is -1.54. The highest BCUT2D eigenvalue weighted by atomic mass is 31.2. The van der Waals surface area contributed by atoms with Gasteiger partial charge in [0.1, 0.15) is 18.8 Å². The summed E-state index contributed by atoms with van der Waals surface area (Å²) < 4.78 is 67.3. The van der Waals surface area contributed by atoms with Crippen LogP contribution < -0.4 is 5.09 Å². The summed E-state index contributed by atoms with van der Waals surface area (Å²) in [6.45, 7) is 13.8. The Bertz CT molecular complexity index is 1570. The number of fused-ring (bicyclic) bond motifs is 7. The largest absolute Gasteiger partial charge is 0.463 e. The van der Waals surface area contributed by atoms with Crippen molar-refractivity contribution in [1.29, 1.82) is 0 Å². The van der Waals surface area contributed by atoms with Crippen molar-refractivity contribution in [2.75, 3.05) is 27.4 Å². The summed E-state index contributed by atoms with van der Waals surface area (Å²) in [5.74, 6) is 0.851. The molecule has 14 nitrogen and oxygen atoms in total. The maximum absolute atomic E-state index is 13.5. The minimum atomic E-state index is -3.98. The van der Waals surface area contributed by atoms with Gasteiger partial charge in [-0.05, 0) is 91.8 Å². The predicted octanol–water partition coefficient (Wildman–Crippen LogP) is 6.25. The highest BCUT2D eigenvalue weighted by Gasteiger charge is 2.69. The molecule has 1 unspecified atom stereocenters. The van der Waals surface area contributed by atoms with Crippen LogP contribution in [0.2, 0.25) is 0 Å². The van der Waals surface area contributed by atoms with Crippen molar-refractivity contribution in [2.45, 2.75) is 155 Å². The molecular weight excluding hydrogens is 745 g/mol. The molecule has 3 heterocycles. The maximum atomic E-state index is 13.5. The van der Waals surface area contributed by atoms with E-state index in [4.69, 9.17) is 42.2 Å². The molecule has 3 saturated heterocycles. The summed E-state index contributed by atoms with van der Waals surface area (Å²) in [4.78, 5) is 36.7. The average Bonchev–Trinajstić information content (AvgIpc) is 3.59. The number of allylic oxidation sites excluding steroid dienone is 1. The van der Waals surface area contributed by atoms with Crippen molar-refractivity contribution in [3.05, 3.63) is 11.6 Å². The van der Waals surface area contributed by atoms with Crippen LogP contribution in [0.4, 0.5) is 0 Å². The van der Waals surface area contributed by atoms with E-state index >= 15 is 0 Å². The van der Waals surface area contributed by atoms with Gasteiger partial charge in [0.15, 0.2) is 24.3 Å². The van der Waals surface area contributed by atoms with Gasteiger partial charge in [-0.3, -0.25) is 14.4 Å².